The fourth-order valence-electron chi connectivity index (χ4n) is 0.989. The number of nitrogens with zero attached hydrogens (tertiary/aromatic N) is 1. The molecule has 2 N–H and O–H groups in total. The van der Waals surface area contributed by atoms with E-state index in [2.05, 4.69) is 0 Å². The van der Waals surface area contributed by atoms with Gasteiger partial charge >= 0.3 is 0 Å². The summed E-state index contributed by atoms with van der Waals surface area (Å²) < 4.78 is 5.48. The second-order valence-corrected chi connectivity index (χ2v) is 3.77. The summed E-state index contributed by atoms with van der Waals surface area (Å²) in [5, 5.41) is 0.627. The highest BCUT2D eigenvalue weighted by Crippen LogP contribution is 2.24. The number of hydrogen-bond donors (Lipinski definition) is 1. The Morgan fingerprint density at radius 3 is 2.71 bits per heavy atom. The first kappa shape index (κ1) is 11.1. The zero-order valence-electron chi connectivity index (χ0n) is 8.46. The Bertz CT molecular complexity index is 302. The molecule has 14 heavy (non-hydrogen) atoms. The van der Waals surface area contributed by atoms with Crippen molar-refractivity contribution in [2.24, 2.45) is 0 Å². The van der Waals surface area contributed by atoms with E-state index in [9.17, 15) is 0 Å². The van der Waals surface area contributed by atoms with E-state index in [1.54, 1.807) is 18.2 Å². The highest BCUT2D eigenvalue weighted by Gasteiger charge is 2.00. The number of hydrogen-bond acceptors (Lipinski definition) is 3. The van der Waals surface area contributed by atoms with E-state index in [0.717, 1.165) is 6.54 Å². The molecular formula is C10H15ClN2O. The monoisotopic (exact) mass is 214 g/mol. The zero-order chi connectivity index (χ0) is 10.6. The van der Waals surface area contributed by atoms with E-state index >= 15 is 0 Å². The van der Waals surface area contributed by atoms with Gasteiger partial charge in [-0.3, -0.25) is 0 Å². The highest BCUT2D eigenvalue weighted by molar-refractivity contribution is 6.30. The first-order valence-electron chi connectivity index (χ1n) is 4.42. The molecule has 0 atom stereocenters. The van der Waals surface area contributed by atoms with Crippen molar-refractivity contribution in [1.29, 1.82) is 0 Å². The zero-order valence-corrected chi connectivity index (χ0v) is 9.21. The number of halogens is 1. The van der Waals surface area contributed by atoms with Crippen LogP contribution in [-0.4, -0.2) is 32.1 Å². The van der Waals surface area contributed by atoms with Crippen LogP contribution in [-0.2, 0) is 0 Å². The van der Waals surface area contributed by atoms with Gasteiger partial charge < -0.3 is 15.4 Å². The van der Waals surface area contributed by atoms with Gasteiger partial charge in [-0.2, -0.15) is 0 Å². The molecule has 0 aliphatic carbocycles. The van der Waals surface area contributed by atoms with Gasteiger partial charge in [-0.25, -0.2) is 0 Å². The topological polar surface area (TPSA) is 38.5 Å². The van der Waals surface area contributed by atoms with Gasteiger partial charge in [-0.15, -0.1) is 0 Å². The van der Waals surface area contributed by atoms with Crippen molar-refractivity contribution >= 4 is 17.3 Å². The predicted octanol–water partition coefficient (Wildman–Crippen LogP) is 1.86. The van der Waals surface area contributed by atoms with E-state index in [-0.39, 0.29) is 0 Å². The molecule has 4 heteroatoms. The summed E-state index contributed by atoms with van der Waals surface area (Å²) in [6, 6.07) is 5.24. The maximum absolute atomic E-state index is 5.76. The highest BCUT2D eigenvalue weighted by atomic mass is 35.5. The minimum atomic E-state index is 0.580. The van der Waals surface area contributed by atoms with Crippen molar-refractivity contribution in [3.05, 3.63) is 23.2 Å². The van der Waals surface area contributed by atoms with E-state index in [0.29, 0.717) is 23.1 Å². The van der Waals surface area contributed by atoms with Gasteiger partial charge in [0.1, 0.15) is 12.4 Å². The number of ether oxygens (including phenoxy) is 1. The third kappa shape index (κ3) is 3.44. The molecule has 0 radical (unpaired) electrons. The van der Waals surface area contributed by atoms with Crippen molar-refractivity contribution in [3.8, 4) is 5.75 Å². The predicted molar refractivity (Wildman–Crippen MR) is 59.9 cm³/mol. The van der Waals surface area contributed by atoms with Crippen molar-refractivity contribution in [3.63, 3.8) is 0 Å². The van der Waals surface area contributed by atoms with E-state index in [1.165, 1.54) is 0 Å². The van der Waals surface area contributed by atoms with Crippen LogP contribution < -0.4 is 10.5 Å². The number of anilines is 1. The molecule has 0 amide bonds. The Morgan fingerprint density at radius 1 is 1.43 bits per heavy atom. The van der Waals surface area contributed by atoms with Gasteiger partial charge in [-0.05, 0) is 32.3 Å². The molecule has 0 saturated carbocycles. The molecule has 0 unspecified atom stereocenters. The van der Waals surface area contributed by atoms with Gasteiger partial charge in [0.15, 0.2) is 0 Å². The van der Waals surface area contributed by atoms with Gasteiger partial charge in [0.25, 0.3) is 0 Å². The van der Waals surface area contributed by atoms with Crippen LogP contribution in [0.3, 0.4) is 0 Å². The van der Waals surface area contributed by atoms with Crippen LogP contribution in [0.1, 0.15) is 0 Å². The lowest BCUT2D eigenvalue weighted by Crippen LogP contribution is -2.19. The average molecular weight is 215 g/mol. The second-order valence-electron chi connectivity index (χ2n) is 3.33. The lowest BCUT2D eigenvalue weighted by Gasteiger charge is -2.12. The SMILES string of the molecule is CN(C)CCOc1ccc(Cl)cc1N. The third-order valence-corrected chi connectivity index (χ3v) is 2.00. The summed E-state index contributed by atoms with van der Waals surface area (Å²) in [5.74, 6) is 0.691. The van der Waals surface area contributed by atoms with Crippen LogP contribution in [0.15, 0.2) is 18.2 Å². The summed E-state index contributed by atoms with van der Waals surface area (Å²) in [7, 11) is 3.99. The molecule has 0 saturated heterocycles. The number of likely N-dealkylation sites (N-methyl/N-ethyl adjacent to an activating group) is 1. The summed E-state index contributed by atoms with van der Waals surface area (Å²) in [6.45, 7) is 1.49. The van der Waals surface area contributed by atoms with Crippen LogP contribution >= 0.6 is 11.6 Å². The molecular weight excluding hydrogens is 200 g/mol. The molecule has 3 nitrogen and oxygen atoms in total. The smallest absolute Gasteiger partial charge is 0.142 e. The Morgan fingerprint density at radius 2 is 2.14 bits per heavy atom. The molecule has 0 aliphatic rings. The molecule has 1 aromatic rings. The molecule has 0 heterocycles. The van der Waals surface area contributed by atoms with Gasteiger partial charge in [0.2, 0.25) is 0 Å². The van der Waals surface area contributed by atoms with Gasteiger partial charge in [0, 0.05) is 11.6 Å². The number of nitrogen functional groups attached to an aromatic ring is 1. The molecule has 78 valence electrons. The molecule has 0 bridgehead atoms. The van der Waals surface area contributed by atoms with Crippen molar-refractivity contribution in [2.75, 3.05) is 33.0 Å². The maximum Gasteiger partial charge on any atom is 0.142 e. The van der Waals surface area contributed by atoms with Gasteiger partial charge in [-0.1, -0.05) is 11.6 Å². The van der Waals surface area contributed by atoms with Gasteiger partial charge in [0.05, 0.1) is 5.69 Å². The van der Waals surface area contributed by atoms with Crippen LogP contribution in [0.4, 0.5) is 5.69 Å². The quantitative estimate of drug-likeness (QED) is 0.778. The standard InChI is InChI=1S/C10H15ClN2O/c1-13(2)5-6-14-10-4-3-8(11)7-9(10)12/h3-4,7H,5-6,12H2,1-2H3. The molecule has 0 spiro atoms. The lowest BCUT2D eigenvalue weighted by atomic mass is 10.3. The van der Waals surface area contributed by atoms with Crippen molar-refractivity contribution in [2.45, 2.75) is 0 Å². The maximum atomic E-state index is 5.76. The Kier molecular flexibility index (Phi) is 4.04. The van der Waals surface area contributed by atoms with E-state index in [1.807, 2.05) is 19.0 Å². The van der Waals surface area contributed by atoms with Crippen LogP contribution in [0.25, 0.3) is 0 Å². The number of benzene rings is 1. The first-order valence-corrected chi connectivity index (χ1v) is 4.80. The molecule has 1 rings (SSSR count). The Hall–Kier alpha value is -0.930. The number of rotatable bonds is 4. The second kappa shape index (κ2) is 5.08. The largest absolute Gasteiger partial charge is 0.490 e. The lowest BCUT2D eigenvalue weighted by molar-refractivity contribution is 0.262. The van der Waals surface area contributed by atoms with E-state index < -0.39 is 0 Å². The summed E-state index contributed by atoms with van der Waals surface area (Å²) in [4.78, 5) is 2.05. The van der Waals surface area contributed by atoms with Crippen LogP contribution in [0.5, 0.6) is 5.75 Å². The number of nitrogens with two attached hydrogens (primary N) is 1. The Balaban J connectivity index is 2.51. The molecule has 0 fully saturated rings. The minimum absolute atomic E-state index is 0.580. The average Bonchev–Trinajstić information content (AvgIpc) is 2.08. The van der Waals surface area contributed by atoms with E-state index in [4.69, 9.17) is 22.1 Å². The normalized spacial score (nSPS) is 10.6. The molecule has 0 aromatic heterocycles. The summed E-state index contributed by atoms with van der Waals surface area (Å²) in [6.07, 6.45) is 0. The molecule has 0 aliphatic heterocycles. The Labute approximate surface area is 89.4 Å². The fourth-order valence-corrected chi connectivity index (χ4v) is 1.17. The minimum Gasteiger partial charge on any atom is -0.490 e. The first-order chi connectivity index (χ1) is 6.59. The summed E-state index contributed by atoms with van der Waals surface area (Å²) >= 11 is 5.76. The van der Waals surface area contributed by atoms with Crippen LogP contribution in [0, 0.1) is 0 Å². The fraction of sp³-hybridized carbons (Fsp3) is 0.400. The van der Waals surface area contributed by atoms with Crippen molar-refractivity contribution < 1.29 is 4.74 Å². The third-order valence-electron chi connectivity index (χ3n) is 1.77. The molecule has 1 aromatic carbocycles. The van der Waals surface area contributed by atoms with Crippen molar-refractivity contribution in [1.82, 2.24) is 4.90 Å². The van der Waals surface area contributed by atoms with Crippen LogP contribution in [0.2, 0.25) is 5.02 Å². The summed E-state index contributed by atoms with van der Waals surface area (Å²) in [5.41, 5.74) is 6.30.